The number of rotatable bonds is 5. The Kier molecular flexibility index (Phi) is 3.84. The fraction of sp³-hybridized carbons (Fsp3) is 0.462. The van der Waals surface area contributed by atoms with Crippen LogP contribution in [0.15, 0.2) is 15.9 Å². The van der Waals surface area contributed by atoms with Gasteiger partial charge in [-0.05, 0) is 47.3 Å². The number of hydrogen-bond acceptors (Lipinski definition) is 4. The molecule has 0 radical (unpaired) electrons. The van der Waals surface area contributed by atoms with Crippen molar-refractivity contribution in [1.82, 2.24) is 10.3 Å². The van der Waals surface area contributed by atoms with Gasteiger partial charge in [0.25, 0.3) is 0 Å². The highest BCUT2D eigenvalue weighted by Gasteiger charge is 2.21. The molecule has 0 unspecified atom stereocenters. The van der Waals surface area contributed by atoms with Crippen LogP contribution in [0.3, 0.4) is 0 Å². The lowest BCUT2D eigenvalue weighted by molar-refractivity contribution is 0.689. The third-order valence-corrected chi connectivity index (χ3v) is 5.92. The lowest BCUT2D eigenvalue weighted by atomic mass is 10.3. The van der Waals surface area contributed by atoms with Crippen LogP contribution in [0.4, 0.5) is 0 Å². The molecule has 1 aliphatic carbocycles. The number of hydrogen-bond donors (Lipinski definition) is 1. The van der Waals surface area contributed by atoms with E-state index in [1.807, 2.05) is 11.3 Å². The molecule has 2 nitrogen and oxygen atoms in total. The van der Waals surface area contributed by atoms with Gasteiger partial charge in [0.1, 0.15) is 5.01 Å². The third-order valence-electron chi connectivity index (χ3n) is 3.03. The topological polar surface area (TPSA) is 24.9 Å². The van der Waals surface area contributed by atoms with Gasteiger partial charge in [-0.3, -0.25) is 0 Å². The standard InChI is InChI=1S/C13H15BrN2S2/c1-2-9-11(7-15-8-3-4-8)18-13(16-9)10-5-6-12(14)17-10/h5-6,8,15H,2-4,7H2,1H3. The van der Waals surface area contributed by atoms with E-state index in [1.54, 1.807) is 11.3 Å². The van der Waals surface area contributed by atoms with Gasteiger partial charge < -0.3 is 5.32 Å². The summed E-state index contributed by atoms with van der Waals surface area (Å²) in [5, 5.41) is 4.74. The highest BCUT2D eigenvalue weighted by Crippen LogP contribution is 2.35. The summed E-state index contributed by atoms with van der Waals surface area (Å²) in [6.07, 6.45) is 3.70. The second-order valence-corrected chi connectivity index (χ2v) is 8.05. The molecule has 1 saturated carbocycles. The van der Waals surface area contributed by atoms with Gasteiger partial charge in [0.2, 0.25) is 0 Å². The third kappa shape index (κ3) is 2.85. The van der Waals surface area contributed by atoms with Gasteiger partial charge in [-0.15, -0.1) is 22.7 Å². The maximum atomic E-state index is 4.78. The number of aromatic nitrogens is 1. The van der Waals surface area contributed by atoms with E-state index in [9.17, 15) is 0 Å². The number of aryl methyl sites for hydroxylation is 1. The van der Waals surface area contributed by atoms with Crippen LogP contribution in [0.1, 0.15) is 30.3 Å². The molecule has 2 aromatic rings. The first-order chi connectivity index (χ1) is 8.76. The Morgan fingerprint density at radius 3 is 2.83 bits per heavy atom. The van der Waals surface area contributed by atoms with Crippen molar-refractivity contribution < 1.29 is 0 Å². The predicted octanol–water partition coefficient (Wildman–Crippen LogP) is 4.45. The van der Waals surface area contributed by atoms with Crippen LogP contribution in [0.25, 0.3) is 9.88 Å². The van der Waals surface area contributed by atoms with Crippen molar-refractivity contribution in [3.05, 3.63) is 26.5 Å². The molecule has 0 aliphatic heterocycles. The molecule has 1 fully saturated rings. The van der Waals surface area contributed by atoms with Gasteiger partial charge in [-0.2, -0.15) is 0 Å². The number of halogens is 1. The van der Waals surface area contributed by atoms with Gasteiger partial charge in [-0.1, -0.05) is 6.92 Å². The van der Waals surface area contributed by atoms with Crippen molar-refractivity contribution in [2.24, 2.45) is 0 Å². The maximum absolute atomic E-state index is 4.78. The van der Waals surface area contributed by atoms with Crippen LogP contribution >= 0.6 is 38.6 Å². The molecular weight excluding hydrogens is 328 g/mol. The van der Waals surface area contributed by atoms with E-state index in [1.165, 1.54) is 32.1 Å². The number of nitrogens with one attached hydrogen (secondary N) is 1. The fourth-order valence-electron chi connectivity index (χ4n) is 1.86. The second-order valence-electron chi connectivity index (χ2n) is 4.50. The Morgan fingerprint density at radius 1 is 1.39 bits per heavy atom. The van der Waals surface area contributed by atoms with Crippen molar-refractivity contribution in [1.29, 1.82) is 0 Å². The molecule has 1 N–H and O–H groups in total. The molecule has 5 heteroatoms. The van der Waals surface area contributed by atoms with E-state index in [2.05, 4.69) is 40.3 Å². The number of nitrogens with zero attached hydrogens (tertiary/aromatic N) is 1. The average Bonchev–Trinajstić information content (AvgIpc) is 2.94. The summed E-state index contributed by atoms with van der Waals surface area (Å²) in [7, 11) is 0. The molecule has 0 bridgehead atoms. The van der Waals surface area contributed by atoms with E-state index in [0.717, 1.165) is 24.0 Å². The minimum atomic E-state index is 0.760. The molecule has 96 valence electrons. The molecule has 2 heterocycles. The quantitative estimate of drug-likeness (QED) is 0.868. The molecule has 0 saturated heterocycles. The van der Waals surface area contributed by atoms with Crippen molar-refractivity contribution >= 4 is 38.6 Å². The Morgan fingerprint density at radius 2 is 2.22 bits per heavy atom. The molecule has 0 spiro atoms. The smallest absolute Gasteiger partial charge is 0.133 e. The van der Waals surface area contributed by atoms with E-state index >= 15 is 0 Å². The first-order valence-corrected chi connectivity index (χ1v) is 8.66. The Balaban J connectivity index is 1.82. The zero-order valence-electron chi connectivity index (χ0n) is 10.2. The molecule has 18 heavy (non-hydrogen) atoms. The van der Waals surface area contributed by atoms with Gasteiger partial charge in [0.15, 0.2) is 0 Å². The Bertz CT molecular complexity index is 543. The summed E-state index contributed by atoms with van der Waals surface area (Å²) < 4.78 is 1.17. The lowest BCUT2D eigenvalue weighted by Crippen LogP contribution is -2.15. The highest BCUT2D eigenvalue weighted by atomic mass is 79.9. The SMILES string of the molecule is CCc1nc(-c2ccc(Br)s2)sc1CNC1CC1. The van der Waals surface area contributed by atoms with E-state index in [4.69, 9.17) is 4.98 Å². The van der Waals surface area contributed by atoms with E-state index < -0.39 is 0 Å². The van der Waals surface area contributed by atoms with Gasteiger partial charge in [0, 0.05) is 17.5 Å². The van der Waals surface area contributed by atoms with Crippen molar-refractivity contribution in [2.75, 3.05) is 0 Å². The number of thiazole rings is 1. The minimum Gasteiger partial charge on any atom is -0.309 e. The molecule has 0 atom stereocenters. The van der Waals surface area contributed by atoms with Crippen molar-refractivity contribution in [3.63, 3.8) is 0 Å². The fourth-order valence-corrected chi connectivity index (χ4v) is 4.40. The first-order valence-electron chi connectivity index (χ1n) is 6.24. The van der Waals surface area contributed by atoms with E-state index in [0.29, 0.717) is 0 Å². The Labute approximate surface area is 124 Å². The largest absolute Gasteiger partial charge is 0.309 e. The minimum absolute atomic E-state index is 0.760. The predicted molar refractivity (Wildman–Crippen MR) is 82.4 cm³/mol. The van der Waals surface area contributed by atoms with Crippen LogP contribution in [0.5, 0.6) is 0 Å². The summed E-state index contributed by atoms with van der Waals surface area (Å²) in [4.78, 5) is 7.45. The highest BCUT2D eigenvalue weighted by molar-refractivity contribution is 9.11. The molecule has 2 aromatic heterocycles. The molecular formula is C13H15BrN2S2. The normalized spacial score (nSPS) is 15.2. The summed E-state index contributed by atoms with van der Waals surface area (Å²) in [5.41, 5.74) is 1.26. The summed E-state index contributed by atoms with van der Waals surface area (Å²) in [5.74, 6) is 0. The van der Waals surface area contributed by atoms with Crippen molar-refractivity contribution in [2.45, 2.75) is 38.8 Å². The first kappa shape index (κ1) is 12.8. The molecule has 0 amide bonds. The van der Waals surface area contributed by atoms with Crippen molar-refractivity contribution in [3.8, 4) is 9.88 Å². The summed E-state index contributed by atoms with van der Waals surface area (Å²) in [6.45, 7) is 3.17. The lowest BCUT2D eigenvalue weighted by Gasteiger charge is -2.00. The molecule has 1 aliphatic rings. The monoisotopic (exact) mass is 342 g/mol. The van der Waals surface area contributed by atoms with Crippen LogP contribution < -0.4 is 5.32 Å². The van der Waals surface area contributed by atoms with Gasteiger partial charge in [0.05, 0.1) is 14.4 Å². The zero-order chi connectivity index (χ0) is 12.5. The van der Waals surface area contributed by atoms with Gasteiger partial charge >= 0.3 is 0 Å². The van der Waals surface area contributed by atoms with Gasteiger partial charge in [-0.25, -0.2) is 4.98 Å². The molecule has 0 aromatic carbocycles. The maximum Gasteiger partial charge on any atom is 0.133 e. The molecule has 3 rings (SSSR count). The zero-order valence-corrected chi connectivity index (χ0v) is 13.4. The average molecular weight is 343 g/mol. The van der Waals surface area contributed by atoms with E-state index in [-0.39, 0.29) is 0 Å². The number of thiophene rings is 1. The van der Waals surface area contributed by atoms with Crippen LogP contribution in [0, 0.1) is 0 Å². The van der Waals surface area contributed by atoms with Crippen LogP contribution in [-0.4, -0.2) is 11.0 Å². The summed E-state index contributed by atoms with van der Waals surface area (Å²) in [6, 6.07) is 5.00. The van der Waals surface area contributed by atoms with Crippen LogP contribution in [0.2, 0.25) is 0 Å². The van der Waals surface area contributed by atoms with Crippen LogP contribution in [-0.2, 0) is 13.0 Å². The second kappa shape index (κ2) is 5.41. The summed E-state index contributed by atoms with van der Waals surface area (Å²) >= 11 is 7.10. The Hall–Kier alpha value is -0.230.